The van der Waals surface area contributed by atoms with Crippen LogP contribution < -0.4 is 0 Å². The van der Waals surface area contributed by atoms with Crippen molar-refractivity contribution in [1.29, 1.82) is 0 Å². The van der Waals surface area contributed by atoms with Crippen molar-refractivity contribution in [3.63, 3.8) is 0 Å². The zero-order valence-electron chi connectivity index (χ0n) is 9.67. The molecule has 1 N–H and O–H groups in total. The number of carboxylic acids is 1. The Kier molecular flexibility index (Phi) is 2.58. The van der Waals surface area contributed by atoms with Crippen molar-refractivity contribution in [3.8, 4) is 0 Å². The largest absolute Gasteiger partial charge is 0.481 e. The van der Waals surface area contributed by atoms with Gasteiger partial charge >= 0.3 is 5.97 Å². The summed E-state index contributed by atoms with van der Waals surface area (Å²) in [5, 5.41) is 8.97. The molecule has 0 aromatic rings. The Morgan fingerprint density at radius 1 is 1.35 bits per heavy atom. The van der Waals surface area contributed by atoms with Crippen LogP contribution >= 0.6 is 0 Å². The average molecular weight is 239 g/mol. The summed E-state index contributed by atoms with van der Waals surface area (Å²) >= 11 is 0. The molecule has 3 unspecified atom stereocenters. The summed E-state index contributed by atoms with van der Waals surface area (Å²) in [7, 11) is 0. The highest BCUT2D eigenvalue weighted by molar-refractivity contribution is 5.86. The summed E-state index contributed by atoms with van der Waals surface area (Å²) in [6.07, 6.45) is 3.55. The van der Waals surface area contributed by atoms with E-state index in [9.17, 15) is 9.59 Å². The molecule has 5 heteroatoms. The van der Waals surface area contributed by atoms with Crippen LogP contribution in [-0.4, -0.2) is 47.2 Å². The minimum atomic E-state index is -0.859. The highest BCUT2D eigenvalue weighted by Gasteiger charge is 2.47. The van der Waals surface area contributed by atoms with Crippen molar-refractivity contribution in [2.75, 3.05) is 13.2 Å². The number of ether oxygens (including phenoxy) is 1. The molecule has 0 aromatic carbocycles. The SMILES string of the molecule is O=C(O)C1CC(=O)N(C2CCOC2C2CC2)C1. The summed E-state index contributed by atoms with van der Waals surface area (Å²) in [5.74, 6) is -0.802. The van der Waals surface area contributed by atoms with E-state index in [-0.39, 0.29) is 24.5 Å². The molecule has 0 aromatic heterocycles. The second kappa shape index (κ2) is 3.98. The number of nitrogens with zero attached hydrogens (tertiary/aromatic N) is 1. The average Bonchev–Trinajstić information content (AvgIpc) is 2.88. The van der Waals surface area contributed by atoms with Crippen LogP contribution in [0.25, 0.3) is 0 Å². The van der Waals surface area contributed by atoms with Gasteiger partial charge in [-0.1, -0.05) is 0 Å². The number of hydrogen-bond acceptors (Lipinski definition) is 3. The molecule has 1 saturated carbocycles. The minimum absolute atomic E-state index is 0.0152. The molecule has 1 amide bonds. The highest BCUT2D eigenvalue weighted by Crippen LogP contribution is 2.41. The van der Waals surface area contributed by atoms with Gasteiger partial charge in [-0.2, -0.15) is 0 Å². The van der Waals surface area contributed by atoms with Crippen LogP contribution in [-0.2, 0) is 14.3 Å². The Bertz CT molecular complexity index is 352. The van der Waals surface area contributed by atoms with Gasteiger partial charge < -0.3 is 14.7 Å². The molecule has 2 heterocycles. The second-order valence-corrected chi connectivity index (χ2v) is 5.31. The molecule has 3 atom stereocenters. The lowest BCUT2D eigenvalue weighted by Crippen LogP contribution is -2.43. The van der Waals surface area contributed by atoms with Gasteiger partial charge in [0.05, 0.1) is 18.1 Å². The van der Waals surface area contributed by atoms with Gasteiger partial charge in [0.15, 0.2) is 0 Å². The fourth-order valence-corrected chi connectivity index (χ4v) is 3.03. The lowest BCUT2D eigenvalue weighted by molar-refractivity contribution is -0.141. The molecule has 0 radical (unpaired) electrons. The molecule has 0 bridgehead atoms. The number of amides is 1. The smallest absolute Gasteiger partial charge is 0.308 e. The predicted molar refractivity (Wildman–Crippen MR) is 58.3 cm³/mol. The fraction of sp³-hybridized carbons (Fsp3) is 0.833. The van der Waals surface area contributed by atoms with Crippen LogP contribution in [0, 0.1) is 11.8 Å². The van der Waals surface area contributed by atoms with E-state index in [1.165, 1.54) is 12.8 Å². The van der Waals surface area contributed by atoms with E-state index >= 15 is 0 Å². The number of rotatable bonds is 3. The van der Waals surface area contributed by atoms with E-state index in [0.717, 1.165) is 6.42 Å². The normalized spacial score (nSPS) is 37.8. The molecule has 2 saturated heterocycles. The van der Waals surface area contributed by atoms with Gasteiger partial charge in [0, 0.05) is 19.6 Å². The van der Waals surface area contributed by atoms with E-state index in [1.54, 1.807) is 4.90 Å². The van der Waals surface area contributed by atoms with Crippen LogP contribution in [0.5, 0.6) is 0 Å². The molecule has 5 nitrogen and oxygen atoms in total. The van der Waals surface area contributed by atoms with E-state index in [4.69, 9.17) is 9.84 Å². The van der Waals surface area contributed by atoms with Gasteiger partial charge in [-0.25, -0.2) is 0 Å². The lowest BCUT2D eigenvalue weighted by atomic mass is 10.0. The van der Waals surface area contributed by atoms with Gasteiger partial charge in [0.25, 0.3) is 0 Å². The van der Waals surface area contributed by atoms with Crippen molar-refractivity contribution in [2.45, 2.75) is 37.8 Å². The maximum absolute atomic E-state index is 11.9. The van der Waals surface area contributed by atoms with Crippen LogP contribution in [0.3, 0.4) is 0 Å². The third-order valence-corrected chi connectivity index (χ3v) is 4.10. The first-order chi connectivity index (χ1) is 8.16. The Balaban J connectivity index is 1.71. The zero-order valence-corrected chi connectivity index (χ0v) is 9.67. The zero-order chi connectivity index (χ0) is 12.0. The predicted octanol–water partition coefficient (Wildman–Crippen LogP) is 0.487. The monoisotopic (exact) mass is 239 g/mol. The van der Waals surface area contributed by atoms with E-state index in [1.807, 2.05) is 0 Å². The quantitative estimate of drug-likeness (QED) is 0.778. The Hall–Kier alpha value is -1.10. The van der Waals surface area contributed by atoms with E-state index in [2.05, 4.69) is 0 Å². The van der Waals surface area contributed by atoms with Gasteiger partial charge in [-0.15, -0.1) is 0 Å². The van der Waals surface area contributed by atoms with Gasteiger partial charge in [0.1, 0.15) is 0 Å². The first kappa shape index (κ1) is 11.0. The van der Waals surface area contributed by atoms with Crippen LogP contribution in [0.2, 0.25) is 0 Å². The molecule has 1 aliphatic carbocycles. The van der Waals surface area contributed by atoms with Crippen molar-refractivity contribution in [1.82, 2.24) is 4.90 Å². The molecular weight excluding hydrogens is 222 g/mol. The van der Waals surface area contributed by atoms with Crippen molar-refractivity contribution in [2.24, 2.45) is 11.8 Å². The molecule has 3 fully saturated rings. The minimum Gasteiger partial charge on any atom is -0.481 e. The number of aliphatic carboxylic acids is 1. The van der Waals surface area contributed by atoms with Crippen molar-refractivity contribution >= 4 is 11.9 Å². The van der Waals surface area contributed by atoms with Crippen molar-refractivity contribution in [3.05, 3.63) is 0 Å². The summed E-state index contributed by atoms with van der Waals surface area (Å²) in [4.78, 5) is 24.6. The van der Waals surface area contributed by atoms with Crippen molar-refractivity contribution < 1.29 is 19.4 Å². The van der Waals surface area contributed by atoms with Crippen LogP contribution in [0.4, 0.5) is 0 Å². The first-order valence-electron chi connectivity index (χ1n) is 6.30. The maximum atomic E-state index is 11.9. The second-order valence-electron chi connectivity index (χ2n) is 5.31. The Labute approximate surface area is 99.7 Å². The van der Waals surface area contributed by atoms with Gasteiger partial charge in [-0.3, -0.25) is 9.59 Å². The van der Waals surface area contributed by atoms with Crippen LogP contribution in [0.1, 0.15) is 25.7 Å². The third kappa shape index (κ3) is 1.92. The van der Waals surface area contributed by atoms with E-state index < -0.39 is 11.9 Å². The van der Waals surface area contributed by atoms with Gasteiger partial charge in [0.2, 0.25) is 5.91 Å². The third-order valence-electron chi connectivity index (χ3n) is 4.10. The molecule has 94 valence electrons. The van der Waals surface area contributed by atoms with E-state index in [0.29, 0.717) is 19.1 Å². The first-order valence-corrected chi connectivity index (χ1v) is 6.30. The molecule has 3 rings (SSSR count). The maximum Gasteiger partial charge on any atom is 0.308 e. The number of carbonyl (C=O) groups is 2. The highest BCUT2D eigenvalue weighted by atomic mass is 16.5. The Morgan fingerprint density at radius 2 is 2.12 bits per heavy atom. The van der Waals surface area contributed by atoms with Crippen LogP contribution in [0.15, 0.2) is 0 Å². The topological polar surface area (TPSA) is 66.8 Å². The molecular formula is C12H17NO4. The summed E-state index contributed by atoms with van der Waals surface area (Å²) in [6, 6.07) is 0.124. The summed E-state index contributed by atoms with van der Waals surface area (Å²) < 4.78 is 5.70. The van der Waals surface area contributed by atoms with Gasteiger partial charge in [-0.05, 0) is 25.2 Å². The standard InChI is InChI=1S/C12H17NO4/c14-10-5-8(12(15)16)6-13(10)9-3-4-17-11(9)7-1-2-7/h7-9,11H,1-6H2,(H,15,16). The molecule has 3 aliphatic rings. The summed E-state index contributed by atoms with van der Waals surface area (Å²) in [6.45, 7) is 1.07. The fourth-order valence-electron chi connectivity index (χ4n) is 3.03. The number of carboxylic acid groups (broad SMARTS) is 1. The lowest BCUT2D eigenvalue weighted by Gasteiger charge is -2.28. The summed E-state index contributed by atoms with van der Waals surface area (Å²) in [5.41, 5.74) is 0. The number of carbonyl (C=O) groups excluding carboxylic acids is 1. The number of likely N-dealkylation sites (tertiary alicyclic amines) is 1. The number of hydrogen-bond donors (Lipinski definition) is 1. The molecule has 0 spiro atoms. The molecule has 17 heavy (non-hydrogen) atoms. The Morgan fingerprint density at radius 3 is 2.71 bits per heavy atom. The molecule has 2 aliphatic heterocycles.